The summed E-state index contributed by atoms with van der Waals surface area (Å²) in [5.41, 5.74) is 2.05. The van der Waals surface area contributed by atoms with Gasteiger partial charge in [0.25, 0.3) is 5.91 Å². The number of Topliss-reactive ketones (excluding diaryl/α,β-unsaturated/α-hetero) is 1. The molecule has 0 bridgehead atoms. The molecule has 2 aromatic rings. The maximum absolute atomic E-state index is 13.0. The van der Waals surface area contributed by atoms with E-state index in [1.54, 1.807) is 29.5 Å². The first-order chi connectivity index (χ1) is 12.5. The number of methoxy groups -OCH3 is 1. The van der Waals surface area contributed by atoms with Crippen LogP contribution >= 0.6 is 11.3 Å². The molecule has 0 saturated heterocycles. The van der Waals surface area contributed by atoms with Crippen molar-refractivity contribution in [3.63, 3.8) is 0 Å². The monoisotopic (exact) mass is 371 g/mol. The van der Waals surface area contributed by atoms with E-state index in [1.165, 1.54) is 11.3 Å². The molecule has 2 heterocycles. The summed E-state index contributed by atoms with van der Waals surface area (Å²) in [6, 6.07) is 10.6. The predicted octanol–water partition coefficient (Wildman–Crippen LogP) is 3.67. The molecule has 0 spiro atoms. The number of rotatable bonds is 7. The molecule has 5 nitrogen and oxygen atoms in total. The number of benzene rings is 1. The minimum absolute atomic E-state index is 0.152. The highest BCUT2D eigenvalue weighted by Crippen LogP contribution is 2.39. The van der Waals surface area contributed by atoms with Crippen LogP contribution in [0, 0.1) is 6.92 Å². The molecule has 1 atom stereocenters. The van der Waals surface area contributed by atoms with Crippen LogP contribution in [0.3, 0.4) is 0 Å². The number of hydrogen-bond acceptors (Lipinski definition) is 5. The number of aliphatic hydroxyl groups is 1. The van der Waals surface area contributed by atoms with Crippen LogP contribution in [-0.4, -0.2) is 42.0 Å². The molecule has 1 aliphatic rings. The zero-order chi connectivity index (χ0) is 18.7. The van der Waals surface area contributed by atoms with E-state index in [1.807, 2.05) is 31.2 Å². The van der Waals surface area contributed by atoms with Crippen molar-refractivity contribution in [1.82, 2.24) is 4.90 Å². The van der Waals surface area contributed by atoms with Gasteiger partial charge in [0, 0.05) is 20.3 Å². The highest BCUT2D eigenvalue weighted by atomic mass is 32.1. The van der Waals surface area contributed by atoms with E-state index >= 15 is 0 Å². The summed E-state index contributed by atoms with van der Waals surface area (Å²) < 4.78 is 5.07. The van der Waals surface area contributed by atoms with Crippen molar-refractivity contribution in [3.05, 3.63) is 69.1 Å². The summed E-state index contributed by atoms with van der Waals surface area (Å²) in [4.78, 5) is 27.7. The van der Waals surface area contributed by atoms with Gasteiger partial charge in [0.05, 0.1) is 16.5 Å². The number of thiophene rings is 1. The Kier molecular flexibility index (Phi) is 5.54. The van der Waals surface area contributed by atoms with E-state index in [4.69, 9.17) is 4.74 Å². The first-order valence-electron chi connectivity index (χ1n) is 8.42. The normalized spacial score (nSPS) is 17.2. The minimum atomic E-state index is -0.588. The summed E-state index contributed by atoms with van der Waals surface area (Å²) in [6.45, 7) is 2.88. The quantitative estimate of drug-likeness (QED) is 0.596. The van der Waals surface area contributed by atoms with Crippen LogP contribution < -0.4 is 0 Å². The van der Waals surface area contributed by atoms with E-state index in [-0.39, 0.29) is 11.4 Å². The van der Waals surface area contributed by atoms with Crippen molar-refractivity contribution in [2.45, 2.75) is 19.4 Å². The molecular formula is C20H21NO4S. The van der Waals surface area contributed by atoms with Gasteiger partial charge in [0.1, 0.15) is 0 Å². The zero-order valence-corrected chi connectivity index (χ0v) is 15.6. The molecule has 6 heteroatoms. The molecule has 1 amide bonds. The predicted molar refractivity (Wildman–Crippen MR) is 100 cm³/mol. The third-order valence-corrected chi connectivity index (χ3v) is 5.30. The number of amides is 1. The van der Waals surface area contributed by atoms with Crippen molar-refractivity contribution in [1.29, 1.82) is 0 Å². The smallest absolute Gasteiger partial charge is 0.290 e. The largest absolute Gasteiger partial charge is 0.503 e. The van der Waals surface area contributed by atoms with Crippen LogP contribution in [0.2, 0.25) is 0 Å². The molecule has 1 N–H and O–H groups in total. The second-order valence-corrected chi connectivity index (χ2v) is 7.17. The van der Waals surface area contributed by atoms with Gasteiger partial charge in [-0.2, -0.15) is 0 Å². The van der Waals surface area contributed by atoms with Crippen LogP contribution in [0.5, 0.6) is 0 Å². The molecule has 3 rings (SSSR count). The molecule has 1 aliphatic heterocycles. The SMILES string of the molecule is COCCCN1C(=O)C(O)=C(C(=O)c2cccs2)[C@@H]1c1ccc(C)cc1. The van der Waals surface area contributed by atoms with Gasteiger partial charge in [-0.15, -0.1) is 11.3 Å². The average molecular weight is 371 g/mol. The third kappa shape index (κ3) is 3.43. The number of ketones is 1. The standard InChI is InChI=1S/C20H21NO4S/c1-13-6-8-14(9-7-13)17-16(18(22)15-5-3-12-26-15)19(23)20(24)21(17)10-4-11-25-2/h3,5-9,12,17,23H,4,10-11H2,1-2H3/t17-/m0/s1. The third-order valence-electron chi connectivity index (χ3n) is 4.43. The van der Waals surface area contributed by atoms with Crippen molar-refractivity contribution in [2.24, 2.45) is 0 Å². The molecule has 136 valence electrons. The Hall–Kier alpha value is -2.44. The Morgan fingerprint density at radius 1 is 1.27 bits per heavy atom. The summed E-state index contributed by atoms with van der Waals surface area (Å²) in [7, 11) is 1.60. The van der Waals surface area contributed by atoms with Crippen LogP contribution in [0.25, 0.3) is 0 Å². The van der Waals surface area contributed by atoms with Crippen LogP contribution in [-0.2, 0) is 9.53 Å². The molecule has 1 aromatic heterocycles. The maximum Gasteiger partial charge on any atom is 0.290 e. The fourth-order valence-corrected chi connectivity index (χ4v) is 3.81. The fourth-order valence-electron chi connectivity index (χ4n) is 3.13. The Morgan fingerprint density at radius 2 is 2.00 bits per heavy atom. The van der Waals surface area contributed by atoms with Crippen LogP contribution in [0.4, 0.5) is 0 Å². The Labute approximate surface area is 156 Å². The zero-order valence-electron chi connectivity index (χ0n) is 14.8. The van der Waals surface area contributed by atoms with Gasteiger partial charge in [-0.25, -0.2) is 0 Å². The van der Waals surface area contributed by atoms with Gasteiger partial charge < -0.3 is 14.7 Å². The Bertz CT molecular complexity index is 824. The molecule has 0 saturated carbocycles. The van der Waals surface area contributed by atoms with Gasteiger partial charge in [0.2, 0.25) is 5.78 Å². The van der Waals surface area contributed by atoms with Gasteiger partial charge in [0.15, 0.2) is 5.76 Å². The molecule has 1 aromatic carbocycles. The molecule has 0 radical (unpaired) electrons. The average Bonchev–Trinajstić information content (AvgIpc) is 3.25. The number of hydrogen-bond donors (Lipinski definition) is 1. The van der Waals surface area contributed by atoms with E-state index < -0.39 is 17.7 Å². The summed E-state index contributed by atoms with van der Waals surface area (Å²) in [5.74, 6) is -1.26. The molecule has 0 unspecified atom stereocenters. The summed E-state index contributed by atoms with van der Waals surface area (Å²) in [6.07, 6.45) is 0.623. The van der Waals surface area contributed by atoms with Gasteiger partial charge in [-0.3, -0.25) is 9.59 Å². The second-order valence-electron chi connectivity index (χ2n) is 6.23. The topological polar surface area (TPSA) is 66.8 Å². The number of aliphatic hydroxyl groups excluding tert-OH is 1. The second kappa shape index (κ2) is 7.85. The van der Waals surface area contributed by atoms with E-state index in [9.17, 15) is 14.7 Å². The lowest BCUT2D eigenvalue weighted by Crippen LogP contribution is -2.32. The number of carbonyl (C=O) groups is 2. The van der Waals surface area contributed by atoms with E-state index in [0.29, 0.717) is 24.4 Å². The first-order valence-corrected chi connectivity index (χ1v) is 9.30. The number of ether oxygens (including phenoxy) is 1. The van der Waals surface area contributed by atoms with Gasteiger partial charge >= 0.3 is 0 Å². The van der Waals surface area contributed by atoms with Crippen molar-refractivity contribution in [2.75, 3.05) is 20.3 Å². The maximum atomic E-state index is 13.0. The van der Waals surface area contributed by atoms with Crippen molar-refractivity contribution >= 4 is 23.0 Å². The lowest BCUT2D eigenvalue weighted by Gasteiger charge is -2.26. The van der Waals surface area contributed by atoms with E-state index in [0.717, 1.165) is 11.1 Å². The Morgan fingerprint density at radius 3 is 2.62 bits per heavy atom. The van der Waals surface area contributed by atoms with Gasteiger partial charge in [-0.1, -0.05) is 35.9 Å². The minimum Gasteiger partial charge on any atom is -0.503 e. The van der Waals surface area contributed by atoms with Crippen molar-refractivity contribution in [3.8, 4) is 0 Å². The van der Waals surface area contributed by atoms with Gasteiger partial charge in [-0.05, 0) is 30.4 Å². The van der Waals surface area contributed by atoms with Crippen LogP contribution in [0.1, 0.15) is 33.3 Å². The van der Waals surface area contributed by atoms with Crippen LogP contribution in [0.15, 0.2) is 53.1 Å². The first kappa shape index (κ1) is 18.4. The highest BCUT2D eigenvalue weighted by molar-refractivity contribution is 7.12. The van der Waals surface area contributed by atoms with Crippen molar-refractivity contribution < 1.29 is 19.4 Å². The molecule has 0 fully saturated rings. The lowest BCUT2D eigenvalue weighted by atomic mass is 9.95. The summed E-state index contributed by atoms with van der Waals surface area (Å²) in [5, 5.41) is 12.3. The fraction of sp³-hybridized carbons (Fsp3) is 0.300. The molecular weight excluding hydrogens is 350 g/mol. The summed E-state index contributed by atoms with van der Waals surface area (Å²) >= 11 is 1.30. The number of nitrogens with zero attached hydrogens (tertiary/aromatic N) is 1. The highest BCUT2D eigenvalue weighted by Gasteiger charge is 2.43. The number of aryl methyl sites for hydroxylation is 1. The Balaban J connectivity index is 2.02. The molecule has 26 heavy (non-hydrogen) atoms. The van der Waals surface area contributed by atoms with E-state index in [2.05, 4.69) is 0 Å². The number of carbonyl (C=O) groups excluding carboxylic acids is 2. The lowest BCUT2D eigenvalue weighted by molar-refractivity contribution is -0.129. The molecule has 0 aliphatic carbocycles.